The Hall–Kier alpha value is -2.70. The summed E-state index contributed by atoms with van der Waals surface area (Å²) in [6, 6.07) is 1.82. The molecule has 0 atom stereocenters. The number of carbonyl (C=O) groups excluding carboxylic acids is 1. The largest absolute Gasteiger partial charge is 0.319 e. The zero-order valence-corrected chi connectivity index (χ0v) is 14.8. The SMILES string of the molecule is CCn1nc(C)c2c(C(=O)Nc3cnn(CC4CC4)c3)cc(C)nc21. The highest BCUT2D eigenvalue weighted by Crippen LogP contribution is 2.30. The Morgan fingerprint density at radius 1 is 1.36 bits per heavy atom. The fraction of sp³-hybridized carbons (Fsp3) is 0.444. The zero-order valence-electron chi connectivity index (χ0n) is 14.8. The van der Waals surface area contributed by atoms with E-state index in [2.05, 4.69) is 20.5 Å². The number of hydrogen-bond acceptors (Lipinski definition) is 4. The van der Waals surface area contributed by atoms with Crippen LogP contribution in [0.3, 0.4) is 0 Å². The molecule has 0 unspecified atom stereocenters. The molecule has 25 heavy (non-hydrogen) atoms. The van der Waals surface area contributed by atoms with Crippen molar-refractivity contribution in [2.24, 2.45) is 5.92 Å². The first-order valence-corrected chi connectivity index (χ1v) is 8.73. The molecule has 0 saturated heterocycles. The van der Waals surface area contributed by atoms with Crippen molar-refractivity contribution in [1.29, 1.82) is 0 Å². The number of pyridine rings is 1. The van der Waals surface area contributed by atoms with Gasteiger partial charge in [-0.2, -0.15) is 10.2 Å². The van der Waals surface area contributed by atoms with E-state index >= 15 is 0 Å². The molecule has 1 N–H and O–H groups in total. The van der Waals surface area contributed by atoms with Gasteiger partial charge in [-0.1, -0.05) is 0 Å². The third kappa shape index (κ3) is 3.01. The van der Waals surface area contributed by atoms with Crippen molar-refractivity contribution in [3.05, 3.63) is 35.4 Å². The number of fused-ring (bicyclic) bond motifs is 1. The van der Waals surface area contributed by atoms with Gasteiger partial charge in [0, 0.05) is 25.0 Å². The van der Waals surface area contributed by atoms with Gasteiger partial charge in [-0.05, 0) is 45.6 Å². The molecule has 3 aromatic rings. The summed E-state index contributed by atoms with van der Waals surface area (Å²) >= 11 is 0. The average molecular weight is 338 g/mol. The lowest BCUT2D eigenvalue weighted by atomic mass is 10.1. The van der Waals surface area contributed by atoms with Crippen molar-refractivity contribution < 1.29 is 4.79 Å². The lowest BCUT2D eigenvalue weighted by molar-refractivity contribution is 0.102. The lowest BCUT2D eigenvalue weighted by Crippen LogP contribution is -2.13. The lowest BCUT2D eigenvalue weighted by Gasteiger charge is -2.06. The molecule has 0 bridgehead atoms. The van der Waals surface area contributed by atoms with Crippen LogP contribution in [0.5, 0.6) is 0 Å². The maximum atomic E-state index is 12.9. The van der Waals surface area contributed by atoms with E-state index in [1.807, 2.05) is 42.4 Å². The second kappa shape index (κ2) is 5.98. The number of aryl methyl sites for hydroxylation is 3. The molecule has 0 radical (unpaired) electrons. The molecular weight excluding hydrogens is 316 g/mol. The minimum atomic E-state index is -0.153. The molecular formula is C18H22N6O. The van der Waals surface area contributed by atoms with E-state index in [0.717, 1.165) is 41.4 Å². The highest BCUT2D eigenvalue weighted by Gasteiger charge is 2.22. The number of amides is 1. The minimum absolute atomic E-state index is 0.153. The van der Waals surface area contributed by atoms with Gasteiger partial charge in [0.1, 0.15) is 0 Å². The summed E-state index contributed by atoms with van der Waals surface area (Å²) in [7, 11) is 0. The summed E-state index contributed by atoms with van der Waals surface area (Å²) in [4.78, 5) is 17.4. The van der Waals surface area contributed by atoms with E-state index in [4.69, 9.17) is 0 Å². The molecule has 7 nitrogen and oxygen atoms in total. The Kier molecular flexibility index (Phi) is 3.78. The van der Waals surface area contributed by atoms with Crippen LogP contribution in [0.1, 0.15) is 41.5 Å². The van der Waals surface area contributed by atoms with E-state index < -0.39 is 0 Å². The molecule has 1 fully saturated rings. The predicted molar refractivity (Wildman–Crippen MR) is 95.6 cm³/mol. The summed E-state index contributed by atoms with van der Waals surface area (Å²) in [5.41, 5.74) is 3.70. The molecule has 1 aliphatic rings. The van der Waals surface area contributed by atoms with E-state index in [-0.39, 0.29) is 5.91 Å². The van der Waals surface area contributed by atoms with Gasteiger partial charge in [0.05, 0.1) is 28.5 Å². The van der Waals surface area contributed by atoms with E-state index in [1.165, 1.54) is 12.8 Å². The Balaban J connectivity index is 1.65. The number of nitrogens with zero attached hydrogens (tertiary/aromatic N) is 5. The number of aromatic nitrogens is 5. The third-order valence-corrected chi connectivity index (χ3v) is 4.58. The minimum Gasteiger partial charge on any atom is -0.319 e. The van der Waals surface area contributed by atoms with Crippen LogP contribution in [0.25, 0.3) is 11.0 Å². The van der Waals surface area contributed by atoms with Gasteiger partial charge in [0.25, 0.3) is 5.91 Å². The zero-order chi connectivity index (χ0) is 17.6. The van der Waals surface area contributed by atoms with Gasteiger partial charge >= 0.3 is 0 Å². The predicted octanol–water partition coefficient (Wildman–Crippen LogP) is 2.93. The quantitative estimate of drug-likeness (QED) is 0.776. The number of carbonyl (C=O) groups is 1. The standard InChI is InChI=1S/C18H22N6O/c1-4-24-17-16(12(3)22-24)15(7-11(2)20-17)18(25)21-14-8-19-23(10-14)9-13-5-6-13/h7-8,10,13H,4-6,9H2,1-3H3,(H,21,25). The molecule has 3 aromatic heterocycles. The van der Waals surface area contributed by atoms with Crippen LogP contribution in [0.2, 0.25) is 0 Å². The number of anilines is 1. The highest BCUT2D eigenvalue weighted by molar-refractivity contribution is 6.12. The third-order valence-electron chi connectivity index (χ3n) is 4.58. The van der Waals surface area contributed by atoms with Crippen LogP contribution in [0.15, 0.2) is 18.5 Å². The first-order valence-electron chi connectivity index (χ1n) is 8.73. The van der Waals surface area contributed by atoms with Crippen molar-refractivity contribution in [3.63, 3.8) is 0 Å². The van der Waals surface area contributed by atoms with E-state index in [0.29, 0.717) is 11.3 Å². The summed E-state index contributed by atoms with van der Waals surface area (Å²) in [6.07, 6.45) is 6.14. The molecule has 7 heteroatoms. The van der Waals surface area contributed by atoms with Crippen molar-refractivity contribution in [1.82, 2.24) is 24.5 Å². The monoisotopic (exact) mass is 338 g/mol. The van der Waals surface area contributed by atoms with Gasteiger partial charge in [0.15, 0.2) is 5.65 Å². The van der Waals surface area contributed by atoms with E-state index in [9.17, 15) is 4.79 Å². The molecule has 1 aliphatic carbocycles. The number of hydrogen-bond donors (Lipinski definition) is 1. The normalized spacial score (nSPS) is 14.2. The first kappa shape index (κ1) is 15.8. The van der Waals surface area contributed by atoms with Crippen molar-refractivity contribution in [3.8, 4) is 0 Å². The van der Waals surface area contributed by atoms with Crippen LogP contribution in [0.4, 0.5) is 5.69 Å². The smallest absolute Gasteiger partial charge is 0.256 e. The van der Waals surface area contributed by atoms with Crippen LogP contribution >= 0.6 is 0 Å². The van der Waals surface area contributed by atoms with Gasteiger partial charge in [-0.3, -0.25) is 9.48 Å². The van der Waals surface area contributed by atoms with Crippen molar-refractivity contribution in [2.75, 3.05) is 5.32 Å². The Labute approximate surface area is 146 Å². The Bertz CT molecular complexity index is 950. The van der Waals surface area contributed by atoms with Crippen LogP contribution in [-0.4, -0.2) is 30.5 Å². The Morgan fingerprint density at radius 3 is 2.88 bits per heavy atom. The topological polar surface area (TPSA) is 77.6 Å². The molecule has 1 amide bonds. The fourth-order valence-corrected chi connectivity index (χ4v) is 3.17. The van der Waals surface area contributed by atoms with Crippen molar-refractivity contribution >= 4 is 22.6 Å². The second-order valence-corrected chi connectivity index (χ2v) is 6.76. The summed E-state index contributed by atoms with van der Waals surface area (Å²) in [5, 5.41) is 12.6. The summed E-state index contributed by atoms with van der Waals surface area (Å²) in [6.45, 7) is 7.47. The molecule has 130 valence electrons. The fourth-order valence-electron chi connectivity index (χ4n) is 3.17. The molecule has 4 rings (SSSR count). The summed E-state index contributed by atoms with van der Waals surface area (Å²) in [5.74, 6) is 0.591. The highest BCUT2D eigenvalue weighted by atomic mass is 16.1. The second-order valence-electron chi connectivity index (χ2n) is 6.76. The Morgan fingerprint density at radius 2 is 2.16 bits per heavy atom. The van der Waals surface area contributed by atoms with Gasteiger partial charge in [-0.15, -0.1) is 0 Å². The maximum Gasteiger partial charge on any atom is 0.256 e. The molecule has 0 aliphatic heterocycles. The van der Waals surface area contributed by atoms with Crippen molar-refractivity contribution in [2.45, 2.75) is 46.7 Å². The maximum absolute atomic E-state index is 12.9. The molecule has 0 aromatic carbocycles. The number of nitrogens with one attached hydrogen (secondary N) is 1. The first-order chi connectivity index (χ1) is 12.0. The van der Waals surface area contributed by atoms with E-state index in [1.54, 1.807) is 6.20 Å². The van der Waals surface area contributed by atoms with Crippen LogP contribution in [0, 0.1) is 19.8 Å². The van der Waals surface area contributed by atoms with Gasteiger partial charge in [0.2, 0.25) is 0 Å². The van der Waals surface area contributed by atoms with Crippen LogP contribution in [-0.2, 0) is 13.1 Å². The summed E-state index contributed by atoms with van der Waals surface area (Å²) < 4.78 is 3.74. The molecule has 1 saturated carbocycles. The molecule has 3 heterocycles. The van der Waals surface area contributed by atoms with Gasteiger partial charge < -0.3 is 5.32 Å². The van der Waals surface area contributed by atoms with Gasteiger partial charge in [-0.25, -0.2) is 9.67 Å². The number of rotatable bonds is 5. The van der Waals surface area contributed by atoms with Crippen LogP contribution < -0.4 is 5.32 Å². The average Bonchev–Trinajstić information content (AvgIpc) is 3.19. The molecule has 0 spiro atoms.